The molecule has 3 N–H and O–H groups in total. The smallest absolute Gasteiger partial charge is 0.301 e. The van der Waals surface area contributed by atoms with Gasteiger partial charge in [-0.15, -0.1) is 0 Å². The van der Waals surface area contributed by atoms with Crippen molar-refractivity contribution < 1.29 is 23.9 Å². The highest BCUT2D eigenvalue weighted by Gasteiger charge is 2.39. The lowest BCUT2D eigenvalue weighted by Gasteiger charge is -2.35. The number of Topliss-reactive ketones (excluding diaryl/α,β-unsaturated/α-hetero) is 1. The van der Waals surface area contributed by atoms with Gasteiger partial charge in [0.1, 0.15) is 5.82 Å². The molecule has 4 rings (SSSR count). The molecular formula is C25H30FN3O4. The number of carbonyl (C=O) groups is 3. The zero-order valence-electron chi connectivity index (χ0n) is 19.2. The number of nitrogens with two attached hydrogens (primary N) is 1. The van der Waals surface area contributed by atoms with E-state index in [0.29, 0.717) is 53.8 Å². The Balaban J connectivity index is 1.76. The van der Waals surface area contributed by atoms with Gasteiger partial charge in [0.15, 0.2) is 0 Å². The summed E-state index contributed by atoms with van der Waals surface area (Å²) in [6.07, 6.45) is 3.48. The molecule has 1 aromatic carbocycles. The third kappa shape index (κ3) is 4.19. The highest BCUT2D eigenvalue weighted by Crippen LogP contribution is 2.44. The third-order valence-corrected chi connectivity index (χ3v) is 6.97. The number of aliphatic hydroxyl groups excluding tert-OH is 1. The first-order chi connectivity index (χ1) is 15.6. The van der Waals surface area contributed by atoms with E-state index in [2.05, 4.69) is 0 Å². The fraction of sp³-hybridized carbons (Fsp3) is 0.480. The van der Waals surface area contributed by atoms with Crippen LogP contribution in [0.25, 0.3) is 0 Å². The van der Waals surface area contributed by atoms with E-state index in [9.17, 15) is 23.9 Å². The van der Waals surface area contributed by atoms with E-state index >= 15 is 0 Å². The summed E-state index contributed by atoms with van der Waals surface area (Å²) in [5.41, 5.74) is 8.06. The van der Waals surface area contributed by atoms with E-state index in [1.54, 1.807) is 31.5 Å². The molecule has 2 saturated carbocycles. The predicted molar refractivity (Wildman–Crippen MR) is 122 cm³/mol. The molecule has 0 atom stereocenters. The number of benzene rings is 1. The van der Waals surface area contributed by atoms with Gasteiger partial charge >= 0.3 is 5.91 Å². The van der Waals surface area contributed by atoms with E-state index < -0.39 is 29.5 Å². The zero-order valence-corrected chi connectivity index (χ0v) is 19.2. The molecule has 0 aliphatic heterocycles. The summed E-state index contributed by atoms with van der Waals surface area (Å²) in [6.45, 7) is 3.26. The zero-order chi connectivity index (χ0) is 24.0. The quantitative estimate of drug-likeness (QED) is 0.515. The summed E-state index contributed by atoms with van der Waals surface area (Å²) in [7, 11) is 1.69. The van der Waals surface area contributed by atoms with Gasteiger partial charge in [-0.25, -0.2) is 4.39 Å². The Bertz CT molecular complexity index is 1130. The number of hydrogen-bond acceptors (Lipinski definition) is 4. The van der Waals surface area contributed by atoms with Crippen LogP contribution in [-0.4, -0.2) is 39.4 Å². The standard InChI is InChI=1S/C25H30FN3O4/c1-13-12-17(8-11-19(13)26)29(16-6-9-18(30)10-7-16)25(33)23(31)21-14(2)20(24(27)32)22(28(21)3)15-4-5-15/h8,11-12,15-16,18,30H,4-7,9-10H2,1-3H3,(H2,27,32). The molecule has 176 valence electrons. The number of hydrogen-bond donors (Lipinski definition) is 2. The maximum atomic E-state index is 13.9. The number of aliphatic hydroxyl groups is 1. The summed E-state index contributed by atoms with van der Waals surface area (Å²) < 4.78 is 15.6. The molecule has 0 radical (unpaired) electrons. The average molecular weight is 456 g/mol. The minimum atomic E-state index is -0.732. The van der Waals surface area contributed by atoms with Crippen molar-refractivity contribution in [3.63, 3.8) is 0 Å². The van der Waals surface area contributed by atoms with Gasteiger partial charge in [0, 0.05) is 30.4 Å². The minimum Gasteiger partial charge on any atom is -0.393 e. The van der Waals surface area contributed by atoms with Crippen LogP contribution in [-0.2, 0) is 11.8 Å². The second-order valence-electron chi connectivity index (χ2n) is 9.33. The number of ketones is 1. The molecule has 33 heavy (non-hydrogen) atoms. The van der Waals surface area contributed by atoms with Gasteiger partial charge in [-0.1, -0.05) is 0 Å². The first kappa shape index (κ1) is 23.2. The Morgan fingerprint density at radius 1 is 1.09 bits per heavy atom. The number of primary amides is 1. The van der Waals surface area contributed by atoms with Crippen molar-refractivity contribution in [1.82, 2.24) is 4.57 Å². The lowest BCUT2D eigenvalue weighted by atomic mass is 9.91. The fourth-order valence-electron chi connectivity index (χ4n) is 5.12. The van der Waals surface area contributed by atoms with Crippen molar-refractivity contribution in [2.24, 2.45) is 12.8 Å². The lowest BCUT2D eigenvalue weighted by Crippen LogP contribution is -2.47. The van der Waals surface area contributed by atoms with Crippen LogP contribution in [0.1, 0.15) is 82.1 Å². The van der Waals surface area contributed by atoms with Crippen LogP contribution in [0.3, 0.4) is 0 Å². The van der Waals surface area contributed by atoms with Crippen molar-refractivity contribution in [1.29, 1.82) is 0 Å². The maximum Gasteiger partial charge on any atom is 0.301 e. The normalized spacial score (nSPS) is 20.5. The van der Waals surface area contributed by atoms with Crippen molar-refractivity contribution in [3.05, 3.63) is 52.1 Å². The van der Waals surface area contributed by atoms with Crippen LogP contribution in [0.2, 0.25) is 0 Å². The van der Waals surface area contributed by atoms with Crippen molar-refractivity contribution in [2.75, 3.05) is 4.90 Å². The van der Waals surface area contributed by atoms with Gasteiger partial charge in [0.2, 0.25) is 0 Å². The summed E-state index contributed by atoms with van der Waals surface area (Å²) >= 11 is 0. The topological polar surface area (TPSA) is 106 Å². The summed E-state index contributed by atoms with van der Waals surface area (Å²) in [5, 5.41) is 9.93. The second kappa shape index (κ2) is 8.74. The number of rotatable bonds is 6. The van der Waals surface area contributed by atoms with Crippen molar-refractivity contribution >= 4 is 23.3 Å². The molecule has 2 aliphatic rings. The van der Waals surface area contributed by atoms with E-state index in [1.165, 1.54) is 17.0 Å². The van der Waals surface area contributed by atoms with E-state index in [-0.39, 0.29) is 17.7 Å². The molecule has 0 bridgehead atoms. The molecule has 2 aromatic rings. The Kier molecular flexibility index (Phi) is 6.14. The molecule has 0 spiro atoms. The second-order valence-corrected chi connectivity index (χ2v) is 9.33. The number of carbonyl (C=O) groups excluding carboxylic acids is 3. The first-order valence-electron chi connectivity index (χ1n) is 11.4. The van der Waals surface area contributed by atoms with E-state index in [4.69, 9.17) is 5.73 Å². The molecule has 2 aliphatic carbocycles. The van der Waals surface area contributed by atoms with Crippen LogP contribution < -0.4 is 10.6 Å². The van der Waals surface area contributed by atoms with Crippen molar-refractivity contribution in [3.8, 4) is 0 Å². The molecule has 8 heteroatoms. The Labute approximate surface area is 192 Å². The average Bonchev–Trinajstić information content (AvgIpc) is 3.56. The molecule has 1 heterocycles. The lowest BCUT2D eigenvalue weighted by molar-refractivity contribution is -0.115. The molecule has 0 unspecified atom stereocenters. The number of halogens is 1. The number of aromatic nitrogens is 1. The van der Waals surface area contributed by atoms with E-state index in [0.717, 1.165) is 12.8 Å². The van der Waals surface area contributed by atoms with Gasteiger partial charge < -0.3 is 20.3 Å². The Morgan fingerprint density at radius 3 is 2.27 bits per heavy atom. The highest BCUT2D eigenvalue weighted by molar-refractivity contribution is 6.47. The molecule has 2 amide bonds. The summed E-state index contributed by atoms with van der Waals surface area (Å²) in [6, 6.07) is 4.06. The van der Waals surface area contributed by atoms with Gasteiger partial charge in [0.05, 0.1) is 17.4 Å². The Hall–Kier alpha value is -3.00. The molecule has 7 nitrogen and oxygen atoms in total. The maximum absolute atomic E-state index is 13.9. The van der Waals surface area contributed by atoms with Crippen LogP contribution in [0.15, 0.2) is 18.2 Å². The first-order valence-corrected chi connectivity index (χ1v) is 11.4. The Morgan fingerprint density at radius 2 is 1.73 bits per heavy atom. The molecule has 1 aromatic heterocycles. The summed E-state index contributed by atoms with van der Waals surface area (Å²) in [5.74, 6) is -2.30. The molecule has 0 saturated heterocycles. The fourth-order valence-corrected chi connectivity index (χ4v) is 5.12. The van der Waals surface area contributed by atoms with E-state index in [1.807, 2.05) is 0 Å². The number of aryl methyl sites for hydroxylation is 1. The number of nitrogens with zero attached hydrogens (tertiary/aromatic N) is 2. The van der Waals surface area contributed by atoms with Crippen LogP contribution >= 0.6 is 0 Å². The minimum absolute atomic E-state index is 0.156. The third-order valence-electron chi connectivity index (χ3n) is 6.97. The van der Waals surface area contributed by atoms with Gasteiger partial charge in [-0.05, 0) is 81.7 Å². The number of amides is 2. The molecular weight excluding hydrogens is 425 g/mol. The SMILES string of the molecule is Cc1cc(N(C(=O)C(=O)c2c(C)c(C(N)=O)c(C3CC3)n2C)C2CCC(O)CC2)ccc1F. The largest absolute Gasteiger partial charge is 0.393 e. The highest BCUT2D eigenvalue weighted by atomic mass is 19.1. The van der Waals surface area contributed by atoms with Gasteiger partial charge in [0.25, 0.3) is 11.7 Å². The van der Waals surface area contributed by atoms with Crippen molar-refractivity contribution in [2.45, 2.75) is 70.4 Å². The van der Waals surface area contributed by atoms with Crippen LogP contribution in [0.4, 0.5) is 10.1 Å². The monoisotopic (exact) mass is 455 g/mol. The van der Waals surface area contributed by atoms with Crippen LogP contribution in [0.5, 0.6) is 0 Å². The number of anilines is 1. The van der Waals surface area contributed by atoms with Gasteiger partial charge in [-0.2, -0.15) is 0 Å². The van der Waals surface area contributed by atoms with Gasteiger partial charge in [-0.3, -0.25) is 14.4 Å². The predicted octanol–water partition coefficient (Wildman–Crippen LogP) is 3.28. The summed E-state index contributed by atoms with van der Waals surface area (Å²) in [4.78, 5) is 40.9. The molecule has 2 fully saturated rings. The van der Waals surface area contributed by atoms with Crippen LogP contribution in [0, 0.1) is 19.7 Å².